The van der Waals surface area contributed by atoms with Gasteiger partial charge >= 0.3 is 12.2 Å². The molecule has 2 aromatic rings. The van der Waals surface area contributed by atoms with Gasteiger partial charge in [0.1, 0.15) is 0 Å². The highest BCUT2D eigenvalue weighted by molar-refractivity contribution is 5.78. The van der Waals surface area contributed by atoms with Crippen LogP contribution in [0.2, 0.25) is 0 Å². The maximum Gasteiger partial charge on any atom is 0.413 e. The van der Waals surface area contributed by atoms with Crippen LogP contribution in [0.1, 0.15) is 50.3 Å². The van der Waals surface area contributed by atoms with Crippen molar-refractivity contribution < 1.29 is 26.7 Å². The average Bonchev–Trinajstić information content (AvgIpc) is 3.22. The van der Waals surface area contributed by atoms with Gasteiger partial charge in [-0.3, -0.25) is 0 Å². The van der Waals surface area contributed by atoms with Crippen molar-refractivity contribution >= 4 is 11.7 Å². The summed E-state index contributed by atoms with van der Waals surface area (Å²) in [4.78, 5) is 17.1. The van der Waals surface area contributed by atoms with Crippen LogP contribution in [0, 0.1) is 0 Å². The van der Waals surface area contributed by atoms with E-state index in [1.54, 1.807) is 12.3 Å². The van der Waals surface area contributed by atoms with Crippen LogP contribution in [0.3, 0.4) is 0 Å². The predicted molar refractivity (Wildman–Crippen MR) is 102 cm³/mol. The number of nitrogens with zero attached hydrogens (tertiary/aromatic N) is 4. The minimum absolute atomic E-state index is 0.0197. The van der Waals surface area contributed by atoms with Gasteiger partial charge in [-0.2, -0.15) is 18.3 Å². The molecule has 1 saturated carbocycles. The molecule has 3 heterocycles. The Morgan fingerprint density at radius 1 is 1.23 bits per heavy atom. The van der Waals surface area contributed by atoms with Gasteiger partial charge in [0.2, 0.25) is 5.92 Å². The van der Waals surface area contributed by atoms with Crippen LogP contribution in [0.15, 0.2) is 18.5 Å². The Morgan fingerprint density at radius 2 is 1.90 bits per heavy atom. The lowest BCUT2D eigenvalue weighted by Gasteiger charge is -2.26. The molecule has 2 fully saturated rings. The number of carbonyl (C=O) groups is 1. The van der Waals surface area contributed by atoms with Crippen molar-refractivity contribution in [2.45, 2.75) is 69.8 Å². The third kappa shape index (κ3) is 5.41. The lowest BCUT2D eigenvalue weighted by molar-refractivity contribution is -0.183. The van der Waals surface area contributed by atoms with Gasteiger partial charge in [0.05, 0.1) is 24.6 Å². The van der Waals surface area contributed by atoms with Crippen molar-refractivity contribution in [2.75, 3.05) is 6.54 Å². The summed E-state index contributed by atoms with van der Waals surface area (Å²) in [6.45, 7) is 0.792. The second-order valence-electron chi connectivity index (χ2n) is 8.14. The summed E-state index contributed by atoms with van der Waals surface area (Å²) in [5.41, 5.74) is 5.02. The van der Waals surface area contributed by atoms with Crippen molar-refractivity contribution in [3.8, 4) is 0 Å². The molecule has 7 nitrogen and oxygen atoms in total. The van der Waals surface area contributed by atoms with Crippen molar-refractivity contribution in [2.24, 2.45) is 5.73 Å². The van der Waals surface area contributed by atoms with E-state index in [4.69, 9.17) is 5.73 Å². The van der Waals surface area contributed by atoms with E-state index >= 15 is 0 Å². The van der Waals surface area contributed by atoms with E-state index in [9.17, 15) is 26.7 Å². The van der Waals surface area contributed by atoms with Crippen LogP contribution in [-0.4, -0.2) is 49.7 Å². The standard InChI is InChI=1S/C13H15F3N6O.C6H10F2/c1-12(13(14,15)16)7-21(11(23)20-12)5-8-2-10-19-9(3-17)6-22(10)18-4-8;7-6(8)4-2-1-3-5-6/h2,4,6H,3,5,7,17H2,1H3,(H,20,23);1-5H2/t12-;/m0./s1. The average molecular weight is 448 g/mol. The number of carbonyl (C=O) groups excluding carboxylic acids is 1. The normalized spacial score (nSPS) is 23.5. The highest BCUT2D eigenvalue weighted by Crippen LogP contribution is 2.34. The van der Waals surface area contributed by atoms with E-state index < -0.39 is 30.2 Å². The van der Waals surface area contributed by atoms with Crippen molar-refractivity contribution in [3.05, 3.63) is 29.7 Å². The number of urea groups is 1. The molecule has 172 valence electrons. The van der Waals surface area contributed by atoms with Gasteiger partial charge < -0.3 is 16.0 Å². The first kappa shape index (κ1) is 23.2. The predicted octanol–water partition coefficient (Wildman–Crippen LogP) is 3.62. The fourth-order valence-corrected chi connectivity index (χ4v) is 3.54. The number of fused-ring (bicyclic) bond motifs is 1. The van der Waals surface area contributed by atoms with E-state index in [1.807, 2.05) is 5.32 Å². The van der Waals surface area contributed by atoms with E-state index in [0.717, 1.165) is 18.2 Å². The summed E-state index contributed by atoms with van der Waals surface area (Å²) in [5, 5.41) is 6.12. The number of alkyl halides is 5. The minimum Gasteiger partial charge on any atom is -0.325 e. The molecule has 1 aliphatic carbocycles. The summed E-state index contributed by atoms with van der Waals surface area (Å²) < 4.78 is 64.9. The van der Waals surface area contributed by atoms with Crippen molar-refractivity contribution in [3.63, 3.8) is 0 Å². The molecule has 2 amide bonds. The van der Waals surface area contributed by atoms with Crippen molar-refractivity contribution in [1.82, 2.24) is 24.8 Å². The molecule has 2 aromatic heterocycles. The van der Waals surface area contributed by atoms with Gasteiger partial charge in [0, 0.05) is 25.9 Å². The zero-order chi connectivity index (χ0) is 22.9. The molecular formula is C19H25F5N6O. The van der Waals surface area contributed by atoms with Crippen molar-refractivity contribution in [1.29, 1.82) is 0 Å². The number of halogens is 5. The number of hydrogen-bond donors (Lipinski definition) is 2. The van der Waals surface area contributed by atoms with E-state index in [-0.39, 0.29) is 25.9 Å². The Hall–Kier alpha value is -2.50. The molecule has 31 heavy (non-hydrogen) atoms. The quantitative estimate of drug-likeness (QED) is 0.702. The molecule has 4 rings (SSSR count). The summed E-state index contributed by atoms with van der Waals surface area (Å²) in [7, 11) is 0. The Bertz CT molecular complexity index is 922. The van der Waals surface area contributed by atoms with Gasteiger partial charge in [-0.25, -0.2) is 23.1 Å². The van der Waals surface area contributed by atoms with E-state index in [0.29, 0.717) is 29.7 Å². The number of amides is 2. The maximum atomic E-state index is 13.0. The Morgan fingerprint density at radius 3 is 2.42 bits per heavy atom. The highest BCUT2D eigenvalue weighted by Gasteiger charge is 2.57. The lowest BCUT2D eigenvalue weighted by Crippen LogP contribution is -2.53. The molecule has 0 unspecified atom stereocenters. The van der Waals surface area contributed by atoms with E-state index in [2.05, 4.69) is 10.1 Å². The van der Waals surface area contributed by atoms with Gasteiger partial charge in [-0.15, -0.1) is 0 Å². The molecule has 0 bridgehead atoms. The third-order valence-electron chi connectivity index (χ3n) is 5.40. The zero-order valence-electron chi connectivity index (χ0n) is 17.1. The Labute approximate surface area is 175 Å². The SMILES string of the molecule is C[C@@]1(C(F)(F)F)CN(Cc2cnn3cc(CN)nc3c2)C(=O)N1.FC1(F)CCCCC1. The number of rotatable bonds is 3. The maximum absolute atomic E-state index is 13.0. The monoisotopic (exact) mass is 448 g/mol. The minimum atomic E-state index is -4.52. The van der Waals surface area contributed by atoms with Crippen LogP contribution in [0.5, 0.6) is 0 Å². The third-order valence-corrected chi connectivity index (χ3v) is 5.40. The number of nitrogens with one attached hydrogen (secondary N) is 1. The van der Waals surface area contributed by atoms with Crippen LogP contribution in [0.4, 0.5) is 26.7 Å². The largest absolute Gasteiger partial charge is 0.413 e. The fourth-order valence-electron chi connectivity index (χ4n) is 3.54. The molecule has 1 saturated heterocycles. The smallest absolute Gasteiger partial charge is 0.325 e. The van der Waals surface area contributed by atoms with Gasteiger partial charge in [-0.1, -0.05) is 6.42 Å². The first-order valence-electron chi connectivity index (χ1n) is 9.97. The molecule has 0 aromatic carbocycles. The number of aromatic nitrogens is 3. The number of nitrogens with two attached hydrogens (primary N) is 1. The highest BCUT2D eigenvalue weighted by atomic mass is 19.4. The van der Waals surface area contributed by atoms with Gasteiger partial charge in [0.15, 0.2) is 11.2 Å². The zero-order valence-corrected chi connectivity index (χ0v) is 17.1. The summed E-state index contributed by atoms with van der Waals surface area (Å²) in [6, 6.07) is 0.915. The number of imidazole rings is 1. The molecule has 1 atom stereocenters. The van der Waals surface area contributed by atoms with Crippen LogP contribution < -0.4 is 11.1 Å². The molecule has 2 aliphatic rings. The van der Waals surface area contributed by atoms with Crippen LogP contribution in [0.25, 0.3) is 5.65 Å². The lowest BCUT2D eigenvalue weighted by atomic mass is 9.97. The fraction of sp³-hybridized carbons (Fsp3) is 0.632. The van der Waals surface area contributed by atoms with Crippen LogP contribution >= 0.6 is 0 Å². The summed E-state index contributed by atoms with van der Waals surface area (Å²) >= 11 is 0. The van der Waals surface area contributed by atoms with Gasteiger partial charge in [-0.05, 0) is 31.4 Å². The Balaban J connectivity index is 0.000000287. The molecule has 0 radical (unpaired) electrons. The molecular weight excluding hydrogens is 423 g/mol. The molecule has 1 aliphatic heterocycles. The molecule has 0 spiro atoms. The van der Waals surface area contributed by atoms with Gasteiger partial charge in [0.25, 0.3) is 0 Å². The second-order valence-corrected chi connectivity index (χ2v) is 8.14. The first-order valence-corrected chi connectivity index (χ1v) is 9.97. The summed E-state index contributed by atoms with van der Waals surface area (Å²) in [5.74, 6) is -2.32. The second kappa shape index (κ2) is 8.56. The van der Waals surface area contributed by atoms with E-state index in [1.165, 1.54) is 10.7 Å². The molecule has 12 heteroatoms. The first-order chi connectivity index (χ1) is 14.4. The number of hydrogen-bond acceptors (Lipinski definition) is 4. The van der Waals surface area contributed by atoms with Crippen LogP contribution in [-0.2, 0) is 13.1 Å². The summed E-state index contributed by atoms with van der Waals surface area (Å²) in [6.07, 6.45) is 1.31. The molecule has 3 N–H and O–H groups in total. The topological polar surface area (TPSA) is 88.6 Å². The Kier molecular flexibility index (Phi) is 6.40.